The highest BCUT2D eigenvalue weighted by molar-refractivity contribution is 6.03. The van der Waals surface area contributed by atoms with Crippen LogP contribution in [0.4, 0.5) is 4.79 Å². The predicted molar refractivity (Wildman–Crippen MR) is 125 cm³/mol. The number of phenolic OH excluding ortho intramolecular Hbond substituents is 1. The predicted octanol–water partition coefficient (Wildman–Crippen LogP) is 3.88. The van der Waals surface area contributed by atoms with Crippen molar-refractivity contribution in [1.29, 1.82) is 0 Å². The van der Waals surface area contributed by atoms with E-state index in [9.17, 15) is 9.90 Å². The summed E-state index contributed by atoms with van der Waals surface area (Å²) >= 11 is 0. The summed E-state index contributed by atoms with van der Waals surface area (Å²) in [5.41, 5.74) is 2.08. The number of aromatic hydroxyl groups is 1. The SMILES string of the molecule is CCOC(=O)N1CCC2(CC1)N=C(c1ccccc1O)C[C@@H](c1ccc(OC)c(OC)c1)N2. The second-order valence-corrected chi connectivity index (χ2v) is 8.31. The Morgan fingerprint density at radius 3 is 2.55 bits per heavy atom. The van der Waals surface area contributed by atoms with E-state index < -0.39 is 5.66 Å². The molecule has 2 aromatic carbocycles. The number of methoxy groups -OCH3 is 2. The van der Waals surface area contributed by atoms with Gasteiger partial charge >= 0.3 is 6.09 Å². The third-order valence-corrected chi connectivity index (χ3v) is 6.33. The number of para-hydroxylation sites is 1. The maximum Gasteiger partial charge on any atom is 0.409 e. The first kappa shape index (κ1) is 22.9. The van der Waals surface area contributed by atoms with Crippen molar-refractivity contribution < 1.29 is 24.1 Å². The summed E-state index contributed by atoms with van der Waals surface area (Å²) in [6, 6.07) is 13.1. The number of aliphatic imine (C=N–C) groups is 1. The number of nitrogens with one attached hydrogen (secondary N) is 1. The molecule has 2 aromatic rings. The van der Waals surface area contributed by atoms with Gasteiger partial charge in [0.05, 0.1) is 20.8 Å². The van der Waals surface area contributed by atoms with Gasteiger partial charge in [-0.2, -0.15) is 0 Å². The Bertz CT molecular complexity index is 1030. The van der Waals surface area contributed by atoms with Crippen LogP contribution >= 0.6 is 0 Å². The van der Waals surface area contributed by atoms with Crippen molar-refractivity contribution in [3.8, 4) is 17.2 Å². The summed E-state index contributed by atoms with van der Waals surface area (Å²) in [5.74, 6) is 1.54. The first-order valence-corrected chi connectivity index (χ1v) is 11.3. The van der Waals surface area contributed by atoms with Crippen molar-refractivity contribution in [2.45, 2.75) is 37.9 Å². The number of hydrogen-bond donors (Lipinski definition) is 2. The molecule has 1 saturated heterocycles. The zero-order valence-corrected chi connectivity index (χ0v) is 19.3. The second-order valence-electron chi connectivity index (χ2n) is 8.31. The van der Waals surface area contributed by atoms with Crippen LogP contribution in [0.5, 0.6) is 17.2 Å². The molecule has 1 atom stereocenters. The lowest BCUT2D eigenvalue weighted by Crippen LogP contribution is -2.56. The molecule has 33 heavy (non-hydrogen) atoms. The minimum atomic E-state index is -0.545. The lowest BCUT2D eigenvalue weighted by atomic mass is 9.87. The molecule has 1 spiro atoms. The average molecular weight is 454 g/mol. The number of ether oxygens (including phenoxy) is 3. The summed E-state index contributed by atoms with van der Waals surface area (Å²) in [7, 11) is 3.24. The van der Waals surface area contributed by atoms with Gasteiger partial charge in [0.25, 0.3) is 0 Å². The Morgan fingerprint density at radius 2 is 1.88 bits per heavy atom. The molecule has 2 aliphatic heterocycles. The van der Waals surface area contributed by atoms with Crippen LogP contribution in [0.2, 0.25) is 0 Å². The molecule has 0 bridgehead atoms. The largest absolute Gasteiger partial charge is 0.507 e. The maximum atomic E-state index is 12.2. The van der Waals surface area contributed by atoms with Crippen molar-refractivity contribution in [3.05, 3.63) is 53.6 Å². The molecule has 8 nitrogen and oxygen atoms in total. The molecular formula is C25H31N3O5. The molecule has 8 heteroatoms. The van der Waals surface area contributed by atoms with Crippen LogP contribution in [0.25, 0.3) is 0 Å². The van der Waals surface area contributed by atoms with Crippen LogP contribution in [0.15, 0.2) is 47.5 Å². The molecule has 0 saturated carbocycles. The monoisotopic (exact) mass is 453 g/mol. The molecule has 0 unspecified atom stereocenters. The minimum Gasteiger partial charge on any atom is -0.507 e. The van der Waals surface area contributed by atoms with Gasteiger partial charge in [0.2, 0.25) is 0 Å². The van der Waals surface area contributed by atoms with E-state index in [0.717, 1.165) is 16.8 Å². The van der Waals surface area contributed by atoms with Crippen molar-refractivity contribution in [1.82, 2.24) is 10.2 Å². The van der Waals surface area contributed by atoms with Gasteiger partial charge in [-0.3, -0.25) is 10.3 Å². The van der Waals surface area contributed by atoms with Crippen LogP contribution < -0.4 is 14.8 Å². The van der Waals surface area contributed by atoms with Crippen molar-refractivity contribution in [3.63, 3.8) is 0 Å². The number of hydrogen-bond acceptors (Lipinski definition) is 7. The van der Waals surface area contributed by atoms with E-state index in [1.54, 1.807) is 31.3 Å². The Hall–Kier alpha value is -3.26. The number of benzene rings is 2. The molecule has 0 aliphatic carbocycles. The number of phenols is 1. The number of carbonyl (C=O) groups excluding carboxylic acids is 1. The highest BCUT2D eigenvalue weighted by atomic mass is 16.6. The zero-order chi connectivity index (χ0) is 23.4. The van der Waals surface area contributed by atoms with E-state index in [1.165, 1.54) is 0 Å². The van der Waals surface area contributed by atoms with Crippen LogP contribution in [0.3, 0.4) is 0 Å². The fourth-order valence-electron chi connectivity index (χ4n) is 4.59. The molecule has 1 amide bonds. The van der Waals surface area contributed by atoms with Gasteiger partial charge in [-0.05, 0) is 36.8 Å². The van der Waals surface area contributed by atoms with E-state index in [0.29, 0.717) is 50.5 Å². The third kappa shape index (κ3) is 4.75. The summed E-state index contributed by atoms with van der Waals surface area (Å²) < 4.78 is 16.1. The van der Waals surface area contributed by atoms with E-state index in [4.69, 9.17) is 19.2 Å². The normalized spacial score (nSPS) is 19.7. The topological polar surface area (TPSA) is 92.6 Å². The lowest BCUT2D eigenvalue weighted by molar-refractivity contribution is 0.0779. The van der Waals surface area contributed by atoms with E-state index in [-0.39, 0.29) is 17.9 Å². The standard InChI is InChI=1S/C25H31N3O5/c1-4-33-24(30)28-13-11-25(12-14-28)26-19(17-9-10-22(31-2)23(15-17)32-3)16-20(27-25)18-7-5-6-8-21(18)29/h5-10,15,19,26,29H,4,11-14,16H2,1-3H3/t19-/m0/s1. The minimum absolute atomic E-state index is 0.0499. The fraction of sp³-hybridized carbons (Fsp3) is 0.440. The van der Waals surface area contributed by atoms with Gasteiger partial charge in [0.1, 0.15) is 11.4 Å². The van der Waals surface area contributed by atoms with Crippen LogP contribution in [0.1, 0.15) is 43.4 Å². The highest BCUT2D eigenvalue weighted by Gasteiger charge is 2.41. The number of piperidine rings is 1. The molecule has 4 rings (SSSR count). The average Bonchev–Trinajstić information content (AvgIpc) is 2.84. The fourth-order valence-corrected chi connectivity index (χ4v) is 4.59. The molecule has 176 valence electrons. The second kappa shape index (κ2) is 9.70. The molecule has 1 fully saturated rings. The van der Waals surface area contributed by atoms with Crippen LogP contribution in [-0.4, -0.2) is 61.4 Å². The smallest absolute Gasteiger partial charge is 0.409 e. The molecule has 2 heterocycles. The Morgan fingerprint density at radius 1 is 1.15 bits per heavy atom. The Kier molecular flexibility index (Phi) is 6.74. The van der Waals surface area contributed by atoms with Gasteiger partial charge in [-0.25, -0.2) is 4.79 Å². The highest BCUT2D eigenvalue weighted by Crippen LogP contribution is 2.38. The summed E-state index contributed by atoms with van der Waals surface area (Å²) in [6.07, 6.45) is 1.61. The number of amides is 1. The van der Waals surface area contributed by atoms with E-state index in [2.05, 4.69) is 5.32 Å². The number of carbonyl (C=O) groups is 1. The lowest BCUT2D eigenvalue weighted by Gasteiger charge is -2.45. The third-order valence-electron chi connectivity index (χ3n) is 6.33. The Labute approximate surface area is 194 Å². The van der Waals surface area contributed by atoms with Crippen molar-refractivity contribution in [2.75, 3.05) is 33.9 Å². The van der Waals surface area contributed by atoms with Crippen LogP contribution in [-0.2, 0) is 4.74 Å². The van der Waals surface area contributed by atoms with Crippen molar-refractivity contribution in [2.24, 2.45) is 4.99 Å². The zero-order valence-electron chi connectivity index (χ0n) is 19.3. The van der Waals surface area contributed by atoms with Gasteiger partial charge in [-0.1, -0.05) is 18.2 Å². The first-order valence-electron chi connectivity index (χ1n) is 11.3. The van der Waals surface area contributed by atoms with Crippen LogP contribution in [0, 0.1) is 0 Å². The van der Waals surface area contributed by atoms with E-state index >= 15 is 0 Å². The summed E-state index contributed by atoms with van der Waals surface area (Å²) in [4.78, 5) is 19.0. The summed E-state index contributed by atoms with van der Waals surface area (Å²) in [5, 5.41) is 14.3. The Balaban J connectivity index is 1.67. The quantitative estimate of drug-likeness (QED) is 0.714. The van der Waals surface area contributed by atoms with E-state index in [1.807, 2.05) is 37.3 Å². The molecular weight excluding hydrogens is 422 g/mol. The number of nitrogens with zero attached hydrogens (tertiary/aromatic N) is 2. The first-order chi connectivity index (χ1) is 16.0. The van der Waals surface area contributed by atoms with Gasteiger partial charge < -0.3 is 24.2 Å². The van der Waals surface area contributed by atoms with Crippen molar-refractivity contribution >= 4 is 11.8 Å². The molecule has 2 N–H and O–H groups in total. The molecule has 0 aromatic heterocycles. The maximum absolute atomic E-state index is 12.2. The molecule has 2 aliphatic rings. The number of likely N-dealkylation sites (tertiary alicyclic amines) is 1. The number of rotatable bonds is 5. The summed E-state index contributed by atoms with van der Waals surface area (Å²) in [6.45, 7) is 3.25. The van der Waals surface area contributed by atoms with Gasteiger partial charge in [0, 0.05) is 49.7 Å². The van der Waals surface area contributed by atoms with Gasteiger partial charge in [-0.15, -0.1) is 0 Å². The molecule has 0 radical (unpaired) electrons. The van der Waals surface area contributed by atoms with Gasteiger partial charge in [0.15, 0.2) is 11.5 Å².